The summed E-state index contributed by atoms with van der Waals surface area (Å²) in [6.07, 6.45) is 1.95. The van der Waals surface area contributed by atoms with Gasteiger partial charge in [0.25, 0.3) is 0 Å². The average molecular weight is 444 g/mol. The molecule has 2 nitrogen and oxygen atoms in total. The zero-order chi connectivity index (χ0) is 22.3. The fraction of sp³-hybridized carbons (Fsp3) is 0. The van der Waals surface area contributed by atoms with Crippen molar-refractivity contribution in [2.24, 2.45) is 4.36 Å². The molecule has 5 aromatic rings. The molecule has 0 saturated carbocycles. The minimum atomic E-state index is -2.79. The van der Waals surface area contributed by atoms with Crippen molar-refractivity contribution in [3.8, 4) is 22.3 Å². The van der Waals surface area contributed by atoms with Crippen molar-refractivity contribution < 1.29 is 4.21 Å². The van der Waals surface area contributed by atoms with Gasteiger partial charge in [0.1, 0.15) is 9.73 Å². The van der Waals surface area contributed by atoms with E-state index in [9.17, 15) is 4.21 Å². The molecule has 158 valence electrons. The van der Waals surface area contributed by atoms with Gasteiger partial charge in [-0.15, -0.1) is 0 Å². The third-order valence-corrected chi connectivity index (χ3v) is 7.92. The first kappa shape index (κ1) is 19.7. The lowest BCUT2D eigenvalue weighted by Crippen LogP contribution is -2.01. The highest BCUT2D eigenvalue weighted by Crippen LogP contribution is 2.39. The van der Waals surface area contributed by atoms with Crippen molar-refractivity contribution in [1.82, 2.24) is 0 Å². The largest absolute Gasteiger partial charge is 0.240 e. The van der Waals surface area contributed by atoms with Crippen LogP contribution in [0.15, 0.2) is 130 Å². The fourth-order valence-electron chi connectivity index (χ4n) is 4.33. The van der Waals surface area contributed by atoms with Gasteiger partial charge in [-0.05, 0) is 51.9 Å². The van der Waals surface area contributed by atoms with Crippen molar-refractivity contribution in [2.45, 2.75) is 4.90 Å². The topological polar surface area (TPSA) is 29.4 Å². The number of hydrogen-bond donors (Lipinski definition) is 0. The Bertz CT molecular complexity index is 1590. The van der Waals surface area contributed by atoms with Crippen molar-refractivity contribution in [3.63, 3.8) is 0 Å². The van der Waals surface area contributed by atoms with Crippen molar-refractivity contribution >= 4 is 32.3 Å². The van der Waals surface area contributed by atoms with Gasteiger partial charge in [0, 0.05) is 16.4 Å². The van der Waals surface area contributed by atoms with Crippen LogP contribution in [-0.4, -0.2) is 4.21 Å². The van der Waals surface area contributed by atoms with Crippen LogP contribution in [0, 0.1) is 0 Å². The monoisotopic (exact) mass is 443 g/mol. The summed E-state index contributed by atoms with van der Waals surface area (Å²) in [5.41, 5.74) is 6.03. The minimum absolute atomic E-state index is 0.720. The molecule has 0 fully saturated rings. The van der Waals surface area contributed by atoms with E-state index in [2.05, 4.69) is 42.5 Å². The van der Waals surface area contributed by atoms with Crippen LogP contribution in [0.1, 0.15) is 5.56 Å². The van der Waals surface area contributed by atoms with Gasteiger partial charge in [-0.1, -0.05) is 97.1 Å². The SMILES string of the molecule is O=S1(c2cc(-c3ccccc3)cc(-c3ccccc3)c2)=Nc2c(ccc3ccccc23)C=C1. The van der Waals surface area contributed by atoms with Gasteiger partial charge in [0.05, 0.1) is 10.6 Å². The first-order valence-electron chi connectivity index (χ1n) is 10.9. The van der Waals surface area contributed by atoms with E-state index in [1.165, 1.54) is 0 Å². The van der Waals surface area contributed by atoms with Gasteiger partial charge in [-0.25, -0.2) is 4.21 Å². The summed E-state index contributed by atoms with van der Waals surface area (Å²) in [6, 6.07) is 38.9. The van der Waals surface area contributed by atoms with Crippen LogP contribution in [0.5, 0.6) is 0 Å². The van der Waals surface area contributed by atoms with Crippen molar-refractivity contribution in [2.75, 3.05) is 0 Å². The number of hydrogen-bond acceptors (Lipinski definition) is 2. The average Bonchev–Trinajstić information content (AvgIpc) is 2.89. The number of fused-ring (bicyclic) bond motifs is 3. The molecule has 0 aliphatic carbocycles. The Kier molecular flexibility index (Phi) is 4.70. The first-order valence-corrected chi connectivity index (χ1v) is 12.5. The summed E-state index contributed by atoms with van der Waals surface area (Å²) in [5, 5.41) is 3.89. The third-order valence-electron chi connectivity index (χ3n) is 6.05. The fourth-order valence-corrected chi connectivity index (χ4v) is 6.05. The van der Waals surface area contributed by atoms with E-state index < -0.39 is 9.73 Å². The van der Waals surface area contributed by atoms with E-state index in [1.807, 2.05) is 78.9 Å². The highest BCUT2D eigenvalue weighted by Gasteiger charge is 2.19. The predicted molar refractivity (Wildman–Crippen MR) is 139 cm³/mol. The Labute approximate surface area is 194 Å². The zero-order valence-electron chi connectivity index (χ0n) is 17.9. The van der Waals surface area contributed by atoms with E-state index in [-0.39, 0.29) is 0 Å². The maximum Gasteiger partial charge on any atom is 0.102 e. The molecule has 1 atom stereocenters. The molecule has 0 amide bonds. The van der Waals surface area contributed by atoms with Crippen molar-refractivity contribution in [3.05, 3.63) is 126 Å². The zero-order valence-corrected chi connectivity index (χ0v) is 18.7. The van der Waals surface area contributed by atoms with Crippen LogP contribution < -0.4 is 0 Å². The molecule has 1 aliphatic rings. The van der Waals surface area contributed by atoms with E-state index >= 15 is 0 Å². The standard InChI is InChI=1S/C30H21NOS/c32-33(18-17-25-16-15-24-13-7-8-14-29(24)30(25)31-33)28-20-26(22-9-3-1-4-10-22)19-27(21-28)23-11-5-2-6-12-23/h1-21H. The van der Waals surface area contributed by atoms with Crippen LogP contribution in [0.4, 0.5) is 5.69 Å². The number of rotatable bonds is 3. The molecular formula is C30H21NOS. The molecule has 0 saturated heterocycles. The maximum absolute atomic E-state index is 14.3. The van der Waals surface area contributed by atoms with Gasteiger partial charge in [0.15, 0.2) is 0 Å². The highest BCUT2D eigenvalue weighted by atomic mass is 32.2. The normalized spacial score (nSPS) is 16.8. The van der Waals surface area contributed by atoms with Gasteiger partial charge in [-0.2, -0.15) is 4.36 Å². The van der Waals surface area contributed by atoms with Crippen LogP contribution >= 0.6 is 0 Å². The summed E-state index contributed by atoms with van der Waals surface area (Å²) in [7, 11) is -2.79. The van der Waals surface area contributed by atoms with Gasteiger partial charge >= 0.3 is 0 Å². The van der Waals surface area contributed by atoms with E-state index in [1.54, 1.807) is 5.41 Å². The summed E-state index contributed by atoms with van der Waals surface area (Å²) in [4.78, 5) is 0.720. The van der Waals surface area contributed by atoms with Crippen LogP contribution in [-0.2, 0) is 9.73 Å². The quantitative estimate of drug-likeness (QED) is 0.276. The van der Waals surface area contributed by atoms with Gasteiger partial charge in [-0.3, -0.25) is 0 Å². The molecular weight excluding hydrogens is 422 g/mol. The number of benzene rings is 5. The molecule has 0 radical (unpaired) electrons. The Hall–Kier alpha value is -3.95. The Balaban J connectivity index is 1.61. The smallest absolute Gasteiger partial charge is 0.102 e. The molecule has 1 heterocycles. The maximum atomic E-state index is 14.3. The predicted octanol–water partition coefficient (Wildman–Crippen LogP) is 8.32. The van der Waals surface area contributed by atoms with Crippen LogP contribution in [0.2, 0.25) is 0 Å². The lowest BCUT2D eigenvalue weighted by Gasteiger charge is -2.17. The van der Waals surface area contributed by atoms with Crippen LogP contribution in [0.25, 0.3) is 39.1 Å². The molecule has 0 aromatic heterocycles. The summed E-state index contributed by atoms with van der Waals surface area (Å²) < 4.78 is 19.2. The molecule has 0 spiro atoms. The van der Waals surface area contributed by atoms with E-state index in [0.717, 1.165) is 49.2 Å². The number of nitrogens with zero attached hydrogens (tertiary/aromatic N) is 1. The Morgan fingerprint density at radius 2 is 1.18 bits per heavy atom. The second kappa shape index (κ2) is 7.88. The second-order valence-corrected chi connectivity index (χ2v) is 10.2. The summed E-state index contributed by atoms with van der Waals surface area (Å²) >= 11 is 0. The molecule has 3 heteroatoms. The molecule has 5 aromatic carbocycles. The Morgan fingerprint density at radius 3 is 1.85 bits per heavy atom. The van der Waals surface area contributed by atoms with E-state index in [4.69, 9.17) is 4.36 Å². The Morgan fingerprint density at radius 1 is 0.576 bits per heavy atom. The lowest BCUT2D eigenvalue weighted by molar-refractivity contribution is 0.682. The lowest BCUT2D eigenvalue weighted by atomic mass is 9.99. The molecule has 1 aliphatic heterocycles. The first-order chi connectivity index (χ1) is 16.2. The highest BCUT2D eigenvalue weighted by molar-refractivity contribution is 7.96. The molecule has 6 rings (SSSR count). The van der Waals surface area contributed by atoms with E-state index in [0.29, 0.717) is 0 Å². The molecule has 0 N–H and O–H groups in total. The van der Waals surface area contributed by atoms with Crippen LogP contribution in [0.3, 0.4) is 0 Å². The summed E-state index contributed by atoms with van der Waals surface area (Å²) in [6.45, 7) is 0. The summed E-state index contributed by atoms with van der Waals surface area (Å²) in [5.74, 6) is 0. The second-order valence-electron chi connectivity index (χ2n) is 8.17. The molecule has 33 heavy (non-hydrogen) atoms. The van der Waals surface area contributed by atoms with Crippen molar-refractivity contribution in [1.29, 1.82) is 0 Å². The minimum Gasteiger partial charge on any atom is -0.240 e. The van der Waals surface area contributed by atoms with Gasteiger partial charge in [0.2, 0.25) is 0 Å². The van der Waals surface area contributed by atoms with Gasteiger partial charge < -0.3 is 0 Å². The molecule has 1 unspecified atom stereocenters. The molecule has 0 bridgehead atoms. The third kappa shape index (κ3) is 3.57.